The minimum Gasteiger partial charge on any atom is -0.495 e. The van der Waals surface area contributed by atoms with Crippen molar-refractivity contribution in [3.8, 4) is 5.75 Å². The minimum atomic E-state index is 0.649. The molecule has 1 N–H and O–H groups in total. The third-order valence-electron chi connectivity index (χ3n) is 3.97. The fourth-order valence-electron chi connectivity index (χ4n) is 2.78. The van der Waals surface area contributed by atoms with Gasteiger partial charge in [0.1, 0.15) is 5.75 Å². The van der Waals surface area contributed by atoms with Gasteiger partial charge in [0.25, 0.3) is 0 Å². The number of ether oxygens (including phenoxy) is 1. The summed E-state index contributed by atoms with van der Waals surface area (Å²) >= 11 is 3.51. The number of anilines is 1. The van der Waals surface area contributed by atoms with E-state index in [0.29, 0.717) is 6.04 Å². The molecule has 1 saturated heterocycles. The number of methoxy groups -OCH3 is 1. The van der Waals surface area contributed by atoms with Crippen LogP contribution in [-0.4, -0.2) is 32.3 Å². The number of hydrogen-bond donors (Lipinski definition) is 1. The maximum absolute atomic E-state index is 5.39. The first-order valence-corrected chi connectivity index (χ1v) is 7.90. The summed E-state index contributed by atoms with van der Waals surface area (Å²) in [6.45, 7) is 2.26. The summed E-state index contributed by atoms with van der Waals surface area (Å²) in [7, 11) is 1.72. The molecule has 1 aliphatic heterocycles. The molecule has 19 heavy (non-hydrogen) atoms. The van der Waals surface area contributed by atoms with Crippen LogP contribution >= 0.6 is 15.9 Å². The van der Waals surface area contributed by atoms with Crippen LogP contribution in [0.3, 0.4) is 0 Å². The standard InChI is InChI=1S/C15H21BrN2O/c1-19-15-9-13(6-7-14(15)16)18-8-2-3-12(10-18)17-11-4-5-11/h6-7,9,11-12,17H,2-5,8,10H2,1H3. The van der Waals surface area contributed by atoms with E-state index in [1.54, 1.807) is 7.11 Å². The Balaban J connectivity index is 1.69. The third-order valence-corrected chi connectivity index (χ3v) is 4.63. The molecule has 1 aromatic carbocycles. The van der Waals surface area contributed by atoms with Crippen LogP contribution < -0.4 is 15.0 Å². The van der Waals surface area contributed by atoms with E-state index >= 15 is 0 Å². The van der Waals surface area contributed by atoms with Crippen LogP contribution in [0.25, 0.3) is 0 Å². The SMILES string of the molecule is COc1cc(N2CCCC(NC3CC3)C2)ccc1Br. The average molecular weight is 325 g/mol. The average Bonchev–Trinajstić information content (AvgIpc) is 3.23. The zero-order valence-electron chi connectivity index (χ0n) is 11.4. The van der Waals surface area contributed by atoms with Crippen molar-refractivity contribution in [2.75, 3.05) is 25.1 Å². The van der Waals surface area contributed by atoms with Crippen molar-refractivity contribution in [2.45, 2.75) is 37.8 Å². The highest BCUT2D eigenvalue weighted by Gasteiger charge is 2.27. The van der Waals surface area contributed by atoms with Gasteiger partial charge >= 0.3 is 0 Å². The van der Waals surface area contributed by atoms with E-state index in [2.05, 4.69) is 44.3 Å². The molecule has 3 nitrogen and oxygen atoms in total. The maximum Gasteiger partial charge on any atom is 0.135 e. The molecule has 0 radical (unpaired) electrons. The summed E-state index contributed by atoms with van der Waals surface area (Å²) in [6.07, 6.45) is 5.30. The zero-order chi connectivity index (χ0) is 13.2. The predicted octanol–water partition coefficient (Wildman–Crippen LogP) is 3.18. The molecule has 1 aromatic rings. The molecule has 1 aliphatic carbocycles. The monoisotopic (exact) mass is 324 g/mol. The van der Waals surface area contributed by atoms with Crippen LogP contribution in [0.15, 0.2) is 22.7 Å². The fourth-order valence-corrected chi connectivity index (χ4v) is 3.18. The number of benzene rings is 1. The molecule has 4 heteroatoms. The van der Waals surface area contributed by atoms with E-state index in [1.165, 1.54) is 31.4 Å². The van der Waals surface area contributed by atoms with Crippen LogP contribution in [-0.2, 0) is 0 Å². The second-order valence-electron chi connectivity index (χ2n) is 5.54. The Labute approximate surface area is 123 Å². The summed E-state index contributed by atoms with van der Waals surface area (Å²) in [6, 6.07) is 7.82. The van der Waals surface area contributed by atoms with E-state index in [9.17, 15) is 0 Å². The van der Waals surface area contributed by atoms with Gasteiger partial charge in [-0.3, -0.25) is 0 Å². The van der Waals surface area contributed by atoms with Crippen molar-refractivity contribution >= 4 is 21.6 Å². The molecule has 104 valence electrons. The zero-order valence-corrected chi connectivity index (χ0v) is 12.9. The molecule has 0 aromatic heterocycles. The molecule has 2 fully saturated rings. The van der Waals surface area contributed by atoms with E-state index in [-0.39, 0.29) is 0 Å². The van der Waals surface area contributed by atoms with Gasteiger partial charge in [-0.25, -0.2) is 0 Å². The van der Waals surface area contributed by atoms with Crippen molar-refractivity contribution in [1.29, 1.82) is 0 Å². The molecule has 1 heterocycles. The van der Waals surface area contributed by atoms with Crippen LogP contribution in [0.5, 0.6) is 5.75 Å². The summed E-state index contributed by atoms with van der Waals surface area (Å²) in [5.41, 5.74) is 1.27. The normalized spacial score (nSPS) is 23.5. The van der Waals surface area contributed by atoms with Gasteiger partial charge in [-0.1, -0.05) is 0 Å². The van der Waals surface area contributed by atoms with Gasteiger partial charge in [0.05, 0.1) is 11.6 Å². The molecule has 1 saturated carbocycles. The summed E-state index contributed by atoms with van der Waals surface area (Å²) in [5, 5.41) is 3.75. The molecular weight excluding hydrogens is 304 g/mol. The number of rotatable bonds is 4. The molecule has 2 aliphatic rings. The molecule has 1 unspecified atom stereocenters. The van der Waals surface area contributed by atoms with Gasteiger partial charge in [0.15, 0.2) is 0 Å². The van der Waals surface area contributed by atoms with Crippen molar-refractivity contribution in [3.63, 3.8) is 0 Å². The van der Waals surface area contributed by atoms with E-state index in [4.69, 9.17) is 4.74 Å². The highest BCUT2D eigenvalue weighted by atomic mass is 79.9. The number of piperidine rings is 1. The first-order valence-electron chi connectivity index (χ1n) is 7.11. The molecule has 3 rings (SSSR count). The fraction of sp³-hybridized carbons (Fsp3) is 0.600. The molecule has 0 spiro atoms. The Morgan fingerprint density at radius 1 is 1.26 bits per heavy atom. The van der Waals surface area contributed by atoms with Crippen molar-refractivity contribution in [2.24, 2.45) is 0 Å². The highest BCUT2D eigenvalue weighted by molar-refractivity contribution is 9.10. The summed E-state index contributed by atoms with van der Waals surface area (Å²) in [5.74, 6) is 0.912. The van der Waals surface area contributed by atoms with E-state index in [0.717, 1.165) is 29.4 Å². The Morgan fingerprint density at radius 3 is 2.84 bits per heavy atom. The van der Waals surface area contributed by atoms with Crippen LogP contribution in [0.2, 0.25) is 0 Å². The molecule has 0 bridgehead atoms. The Kier molecular flexibility index (Phi) is 3.99. The Hall–Kier alpha value is -0.740. The van der Waals surface area contributed by atoms with Crippen LogP contribution in [0.4, 0.5) is 5.69 Å². The van der Waals surface area contributed by atoms with Gasteiger partial charge in [-0.05, 0) is 53.7 Å². The third kappa shape index (κ3) is 3.23. The molecule has 0 amide bonds. The highest BCUT2D eigenvalue weighted by Crippen LogP contribution is 2.31. The maximum atomic E-state index is 5.39. The Morgan fingerprint density at radius 2 is 2.11 bits per heavy atom. The van der Waals surface area contributed by atoms with E-state index in [1.807, 2.05) is 0 Å². The largest absolute Gasteiger partial charge is 0.495 e. The summed E-state index contributed by atoms with van der Waals surface area (Å²) in [4.78, 5) is 2.47. The lowest BCUT2D eigenvalue weighted by atomic mass is 10.0. The van der Waals surface area contributed by atoms with Gasteiger partial charge in [0, 0.05) is 36.9 Å². The second kappa shape index (κ2) is 5.71. The lowest BCUT2D eigenvalue weighted by Gasteiger charge is -2.35. The van der Waals surface area contributed by atoms with E-state index < -0.39 is 0 Å². The Bertz CT molecular complexity index is 448. The predicted molar refractivity (Wildman–Crippen MR) is 82.1 cm³/mol. The van der Waals surface area contributed by atoms with Gasteiger partial charge < -0.3 is 15.0 Å². The summed E-state index contributed by atoms with van der Waals surface area (Å²) < 4.78 is 6.41. The van der Waals surface area contributed by atoms with Crippen LogP contribution in [0.1, 0.15) is 25.7 Å². The number of nitrogens with zero attached hydrogens (tertiary/aromatic N) is 1. The van der Waals surface area contributed by atoms with Crippen molar-refractivity contribution in [3.05, 3.63) is 22.7 Å². The first kappa shape index (κ1) is 13.3. The smallest absolute Gasteiger partial charge is 0.135 e. The number of hydrogen-bond acceptors (Lipinski definition) is 3. The van der Waals surface area contributed by atoms with Crippen molar-refractivity contribution in [1.82, 2.24) is 5.32 Å². The lowest BCUT2D eigenvalue weighted by Crippen LogP contribution is -2.46. The quantitative estimate of drug-likeness (QED) is 0.920. The molecule has 1 atom stereocenters. The number of halogens is 1. The lowest BCUT2D eigenvalue weighted by molar-refractivity contribution is 0.408. The number of nitrogens with one attached hydrogen (secondary N) is 1. The second-order valence-corrected chi connectivity index (χ2v) is 6.40. The van der Waals surface area contributed by atoms with Gasteiger partial charge in [-0.15, -0.1) is 0 Å². The van der Waals surface area contributed by atoms with Crippen molar-refractivity contribution < 1.29 is 4.74 Å². The van der Waals surface area contributed by atoms with Crippen LogP contribution in [0, 0.1) is 0 Å². The minimum absolute atomic E-state index is 0.649. The topological polar surface area (TPSA) is 24.5 Å². The molecular formula is C15H21BrN2O. The first-order chi connectivity index (χ1) is 9.26. The van der Waals surface area contributed by atoms with Gasteiger partial charge in [-0.2, -0.15) is 0 Å². The van der Waals surface area contributed by atoms with Gasteiger partial charge in [0.2, 0.25) is 0 Å².